The fourth-order valence-electron chi connectivity index (χ4n) is 3.30. The Kier molecular flexibility index (Phi) is 10.4. The summed E-state index contributed by atoms with van der Waals surface area (Å²) >= 11 is 3.50. The van der Waals surface area contributed by atoms with Crippen molar-refractivity contribution in [1.82, 2.24) is 25.7 Å². The molecule has 0 spiro atoms. The van der Waals surface area contributed by atoms with Crippen LogP contribution in [0, 0.1) is 6.92 Å². The lowest BCUT2D eigenvalue weighted by molar-refractivity contribution is 0.198. The molecule has 1 saturated heterocycles. The van der Waals surface area contributed by atoms with Gasteiger partial charge in [-0.25, -0.2) is 0 Å². The number of aromatic nitrogens is 2. The van der Waals surface area contributed by atoms with E-state index in [9.17, 15) is 0 Å². The Bertz CT molecular complexity index is 759. The van der Waals surface area contributed by atoms with Crippen molar-refractivity contribution in [2.75, 3.05) is 26.2 Å². The molecule has 2 aromatic rings. The van der Waals surface area contributed by atoms with Crippen LogP contribution in [0.5, 0.6) is 0 Å². The highest BCUT2D eigenvalue weighted by molar-refractivity contribution is 14.0. The van der Waals surface area contributed by atoms with Crippen molar-refractivity contribution in [3.05, 3.63) is 46.0 Å². The zero-order valence-electron chi connectivity index (χ0n) is 17.0. The number of nitrogens with zero attached hydrogens (tertiary/aromatic N) is 4. The average molecular weight is 577 g/mol. The first kappa shape index (κ1) is 24.1. The molecule has 9 heteroatoms. The molecule has 0 amide bonds. The summed E-state index contributed by atoms with van der Waals surface area (Å²) in [6.45, 7) is 8.57. The summed E-state index contributed by atoms with van der Waals surface area (Å²) in [7, 11) is 0. The quantitative estimate of drug-likeness (QED) is 0.298. The van der Waals surface area contributed by atoms with Crippen molar-refractivity contribution in [1.29, 1.82) is 0 Å². The maximum atomic E-state index is 5.14. The third-order valence-corrected chi connectivity index (χ3v) is 5.29. The van der Waals surface area contributed by atoms with Crippen molar-refractivity contribution < 1.29 is 4.52 Å². The lowest BCUT2D eigenvalue weighted by Crippen LogP contribution is -2.48. The molecule has 0 saturated carbocycles. The zero-order chi connectivity index (χ0) is 19.8. The molecule has 1 aliphatic heterocycles. The van der Waals surface area contributed by atoms with Crippen LogP contribution in [-0.4, -0.2) is 53.2 Å². The lowest BCUT2D eigenvalue weighted by Gasteiger charge is -2.33. The van der Waals surface area contributed by atoms with Crippen molar-refractivity contribution in [2.24, 2.45) is 4.99 Å². The van der Waals surface area contributed by atoms with Crippen LogP contribution in [-0.2, 0) is 13.0 Å². The summed E-state index contributed by atoms with van der Waals surface area (Å²) in [5.41, 5.74) is 1.36. The Morgan fingerprint density at radius 2 is 2.00 bits per heavy atom. The summed E-state index contributed by atoms with van der Waals surface area (Å²) in [5.74, 6) is 2.17. The average Bonchev–Trinajstić information content (AvgIpc) is 3.10. The van der Waals surface area contributed by atoms with Crippen LogP contribution >= 0.6 is 39.9 Å². The molecular weight excluding hydrogens is 547 g/mol. The van der Waals surface area contributed by atoms with E-state index in [2.05, 4.69) is 77.8 Å². The summed E-state index contributed by atoms with van der Waals surface area (Å²) in [6.07, 6.45) is 2.89. The molecule has 2 N–H and O–H groups in total. The molecule has 1 aromatic carbocycles. The normalized spacial score (nSPS) is 15.8. The fraction of sp³-hybridized carbons (Fsp3) is 0.550. The van der Waals surface area contributed by atoms with Crippen LogP contribution in [0.15, 0.2) is 38.3 Å². The minimum atomic E-state index is 0. The third-order valence-electron chi connectivity index (χ3n) is 4.76. The van der Waals surface area contributed by atoms with E-state index >= 15 is 0 Å². The second-order valence-corrected chi connectivity index (χ2v) is 7.98. The molecule has 0 aliphatic carbocycles. The number of halogens is 2. The first-order valence-electron chi connectivity index (χ1n) is 9.93. The topological polar surface area (TPSA) is 78.6 Å². The predicted molar refractivity (Wildman–Crippen MR) is 130 cm³/mol. The Balaban J connectivity index is 0.00000300. The largest absolute Gasteiger partial charge is 0.357 e. The van der Waals surface area contributed by atoms with E-state index in [0.29, 0.717) is 30.7 Å². The number of aryl methyl sites for hydroxylation is 1. The summed E-state index contributed by atoms with van der Waals surface area (Å²) in [5, 5.41) is 10.7. The molecule has 2 heterocycles. The number of piperidine rings is 1. The van der Waals surface area contributed by atoms with Crippen molar-refractivity contribution in [3.8, 4) is 0 Å². The molecule has 0 bridgehead atoms. The Labute approximate surface area is 198 Å². The van der Waals surface area contributed by atoms with Crippen LogP contribution in [0.4, 0.5) is 0 Å². The van der Waals surface area contributed by atoms with Gasteiger partial charge in [-0.05, 0) is 44.4 Å². The van der Waals surface area contributed by atoms with Gasteiger partial charge in [-0.3, -0.25) is 9.89 Å². The third kappa shape index (κ3) is 8.21. The van der Waals surface area contributed by atoms with Crippen LogP contribution in [0.3, 0.4) is 0 Å². The van der Waals surface area contributed by atoms with E-state index in [4.69, 9.17) is 4.52 Å². The minimum Gasteiger partial charge on any atom is -0.357 e. The molecule has 0 atom stereocenters. The standard InChI is InChI=1S/C20H29BrN6O.HI/c1-3-22-20(23-11-8-19-24-15(2)26-28-19)25-18-9-12-27(13-10-18)14-16-4-6-17(21)7-5-16;/h4-7,18H,3,8-14H2,1-2H3,(H2,22,23,25);1H. The van der Waals surface area contributed by atoms with Gasteiger partial charge in [-0.2, -0.15) is 4.98 Å². The minimum absolute atomic E-state index is 0. The van der Waals surface area contributed by atoms with Gasteiger partial charge in [0.15, 0.2) is 11.8 Å². The predicted octanol–water partition coefficient (Wildman–Crippen LogP) is 3.52. The molecule has 1 aromatic heterocycles. The van der Waals surface area contributed by atoms with Gasteiger partial charge >= 0.3 is 0 Å². The molecule has 3 rings (SSSR count). The number of guanidine groups is 1. The molecule has 29 heavy (non-hydrogen) atoms. The van der Waals surface area contributed by atoms with Gasteiger partial charge in [0.1, 0.15) is 0 Å². The number of nitrogens with one attached hydrogen (secondary N) is 2. The van der Waals surface area contributed by atoms with Crippen molar-refractivity contribution >= 4 is 45.9 Å². The lowest BCUT2D eigenvalue weighted by atomic mass is 10.0. The van der Waals surface area contributed by atoms with Crippen molar-refractivity contribution in [3.63, 3.8) is 0 Å². The van der Waals surface area contributed by atoms with Crippen LogP contribution in [0.2, 0.25) is 0 Å². The molecule has 1 aliphatic rings. The van der Waals surface area contributed by atoms with Gasteiger partial charge in [-0.1, -0.05) is 33.2 Å². The van der Waals surface area contributed by atoms with Crippen LogP contribution in [0.1, 0.15) is 37.0 Å². The Morgan fingerprint density at radius 1 is 1.28 bits per heavy atom. The Hall–Kier alpha value is -1.20. The number of benzene rings is 1. The van der Waals surface area contributed by atoms with E-state index in [0.717, 1.165) is 49.5 Å². The fourth-order valence-corrected chi connectivity index (χ4v) is 3.57. The number of rotatable bonds is 7. The summed E-state index contributed by atoms with van der Waals surface area (Å²) < 4.78 is 6.27. The molecule has 7 nitrogen and oxygen atoms in total. The summed E-state index contributed by atoms with van der Waals surface area (Å²) in [4.78, 5) is 11.4. The monoisotopic (exact) mass is 576 g/mol. The highest BCUT2D eigenvalue weighted by Gasteiger charge is 2.20. The maximum absolute atomic E-state index is 5.14. The molecular formula is C20H30BrIN6O. The highest BCUT2D eigenvalue weighted by atomic mass is 127. The van der Waals surface area contributed by atoms with Gasteiger partial charge in [0.05, 0.1) is 6.54 Å². The van der Waals surface area contributed by atoms with E-state index in [1.54, 1.807) is 0 Å². The second-order valence-electron chi connectivity index (χ2n) is 7.07. The Morgan fingerprint density at radius 3 is 2.62 bits per heavy atom. The highest BCUT2D eigenvalue weighted by Crippen LogP contribution is 2.16. The summed E-state index contributed by atoms with van der Waals surface area (Å²) in [6, 6.07) is 9.05. The van der Waals surface area contributed by atoms with Gasteiger partial charge < -0.3 is 15.2 Å². The number of likely N-dealkylation sites (tertiary alicyclic amines) is 1. The molecule has 160 valence electrons. The van der Waals surface area contributed by atoms with E-state index in [-0.39, 0.29) is 24.0 Å². The number of hydrogen-bond acceptors (Lipinski definition) is 5. The maximum Gasteiger partial charge on any atom is 0.228 e. The first-order valence-corrected chi connectivity index (χ1v) is 10.7. The molecule has 0 unspecified atom stereocenters. The molecule has 0 radical (unpaired) electrons. The van der Waals surface area contributed by atoms with Gasteiger partial charge in [0.25, 0.3) is 0 Å². The van der Waals surface area contributed by atoms with E-state index in [1.165, 1.54) is 5.56 Å². The molecule has 1 fully saturated rings. The van der Waals surface area contributed by atoms with Gasteiger partial charge in [-0.15, -0.1) is 24.0 Å². The smallest absolute Gasteiger partial charge is 0.228 e. The van der Waals surface area contributed by atoms with E-state index < -0.39 is 0 Å². The van der Waals surface area contributed by atoms with Gasteiger partial charge in [0, 0.05) is 43.1 Å². The van der Waals surface area contributed by atoms with Crippen molar-refractivity contribution in [2.45, 2.75) is 45.7 Å². The van der Waals surface area contributed by atoms with Crippen LogP contribution < -0.4 is 10.6 Å². The SMILES string of the molecule is CCNC(=NCCc1nc(C)no1)NC1CCN(Cc2ccc(Br)cc2)CC1.I. The number of hydrogen-bond donors (Lipinski definition) is 2. The van der Waals surface area contributed by atoms with Crippen LogP contribution in [0.25, 0.3) is 0 Å². The van der Waals surface area contributed by atoms with E-state index in [1.807, 2.05) is 6.92 Å². The zero-order valence-corrected chi connectivity index (χ0v) is 20.9. The first-order chi connectivity index (χ1) is 13.6. The van der Waals surface area contributed by atoms with Gasteiger partial charge in [0.2, 0.25) is 5.89 Å². The second kappa shape index (κ2) is 12.5. The number of aliphatic imine (C=N–C) groups is 1.